The van der Waals surface area contributed by atoms with Crippen molar-refractivity contribution < 1.29 is 19.1 Å². The van der Waals surface area contributed by atoms with E-state index in [1.165, 1.54) is 25.3 Å². The Labute approximate surface area is 114 Å². The van der Waals surface area contributed by atoms with Crippen LogP contribution in [0.1, 0.15) is 0 Å². The zero-order chi connectivity index (χ0) is 13.5. The van der Waals surface area contributed by atoms with Gasteiger partial charge in [0.25, 0.3) is 5.91 Å². The van der Waals surface area contributed by atoms with Gasteiger partial charge in [-0.25, -0.2) is 4.79 Å². The molecule has 98 valence electrons. The number of benzene rings is 1. The first-order chi connectivity index (χ1) is 8.51. The number of ether oxygens (including phenoxy) is 2. The Balaban J connectivity index is 2.47. The average molecular weight is 292 g/mol. The molecular formula is C11H11Cl2NO4. The summed E-state index contributed by atoms with van der Waals surface area (Å²) in [7, 11) is 1.36. The van der Waals surface area contributed by atoms with Gasteiger partial charge in [0.1, 0.15) is 6.61 Å². The van der Waals surface area contributed by atoms with Crippen molar-refractivity contribution >= 4 is 40.8 Å². The van der Waals surface area contributed by atoms with Crippen LogP contribution in [0.2, 0.25) is 10.0 Å². The average Bonchev–Trinajstić information content (AvgIpc) is 2.25. The van der Waals surface area contributed by atoms with Crippen LogP contribution < -0.4 is 5.32 Å². The maximum atomic E-state index is 11.4. The molecule has 1 amide bonds. The molecule has 0 saturated heterocycles. The molecule has 18 heavy (non-hydrogen) atoms. The van der Waals surface area contributed by atoms with Crippen molar-refractivity contribution in [2.45, 2.75) is 0 Å². The molecule has 0 aliphatic rings. The third kappa shape index (κ3) is 5.35. The lowest BCUT2D eigenvalue weighted by Gasteiger charge is -2.07. The van der Waals surface area contributed by atoms with E-state index in [1.807, 2.05) is 0 Å². The third-order valence-corrected chi connectivity index (χ3v) is 2.21. The number of carbonyl (C=O) groups is 2. The van der Waals surface area contributed by atoms with E-state index in [-0.39, 0.29) is 6.61 Å². The van der Waals surface area contributed by atoms with Crippen molar-refractivity contribution in [1.29, 1.82) is 0 Å². The first-order valence-corrected chi connectivity index (χ1v) is 5.67. The standard InChI is InChI=1S/C11H11Cl2NO4/c1-17-6-11(16)18-5-10(15)14-9-3-7(12)2-8(13)4-9/h2-4H,5-6H2,1H3,(H,14,15). The van der Waals surface area contributed by atoms with E-state index in [9.17, 15) is 9.59 Å². The summed E-state index contributed by atoms with van der Waals surface area (Å²) in [6, 6.07) is 4.60. The third-order valence-electron chi connectivity index (χ3n) is 1.77. The minimum Gasteiger partial charge on any atom is -0.454 e. The van der Waals surface area contributed by atoms with Crippen LogP contribution in [-0.2, 0) is 19.1 Å². The maximum absolute atomic E-state index is 11.4. The molecule has 1 aromatic rings. The first-order valence-electron chi connectivity index (χ1n) is 4.92. The predicted octanol–water partition coefficient (Wildman–Crippen LogP) is 2.12. The lowest BCUT2D eigenvalue weighted by molar-refractivity contribution is -0.150. The summed E-state index contributed by atoms with van der Waals surface area (Å²) < 4.78 is 9.18. The molecule has 0 aliphatic heterocycles. The van der Waals surface area contributed by atoms with Crippen LogP contribution in [0.4, 0.5) is 5.69 Å². The summed E-state index contributed by atoms with van der Waals surface area (Å²) >= 11 is 11.5. The molecule has 1 N–H and O–H groups in total. The molecule has 0 aliphatic carbocycles. The zero-order valence-corrected chi connectivity index (χ0v) is 11.0. The van der Waals surface area contributed by atoms with Crippen LogP contribution >= 0.6 is 23.2 Å². The number of hydrogen-bond donors (Lipinski definition) is 1. The van der Waals surface area contributed by atoms with E-state index in [2.05, 4.69) is 14.8 Å². The number of methoxy groups -OCH3 is 1. The minimum atomic E-state index is -0.614. The summed E-state index contributed by atoms with van der Waals surface area (Å²) in [5.74, 6) is -1.10. The number of anilines is 1. The highest BCUT2D eigenvalue weighted by atomic mass is 35.5. The largest absolute Gasteiger partial charge is 0.454 e. The second kappa shape index (κ2) is 7.20. The van der Waals surface area contributed by atoms with Gasteiger partial charge in [-0.3, -0.25) is 4.79 Å². The van der Waals surface area contributed by atoms with Crippen molar-refractivity contribution in [2.24, 2.45) is 0 Å². The Morgan fingerprint density at radius 3 is 2.33 bits per heavy atom. The van der Waals surface area contributed by atoms with Crippen molar-refractivity contribution in [1.82, 2.24) is 0 Å². The number of esters is 1. The molecular weight excluding hydrogens is 281 g/mol. The maximum Gasteiger partial charge on any atom is 0.332 e. The van der Waals surface area contributed by atoms with Crippen LogP contribution in [0, 0.1) is 0 Å². The first kappa shape index (κ1) is 14.8. The number of carbonyl (C=O) groups excluding carboxylic acids is 2. The second-order valence-corrected chi connectivity index (χ2v) is 4.17. The molecule has 0 radical (unpaired) electrons. The quantitative estimate of drug-likeness (QED) is 0.844. The fourth-order valence-electron chi connectivity index (χ4n) is 1.13. The fourth-order valence-corrected chi connectivity index (χ4v) is 1.65. The number of amides is 1. The number of hydrogen-bond acceptors (Lipinski definition) is 4. The van der Waals surface area contributed by atoms with E-state index < -0.39 is 18.5 Å². The summed E-state index contributed by atoms with van der Waals surface area (Å²) in [5.41, 5.74) is 0.431. The monoisotopic (exact) mass is 291 g/mol. The van der Waals surface area contributed by atoms with Gasteiger partial charge in [-0.05, 0) is 18.2 Å². The number of nitrogens with one attached hydrogen (secondary N) is 1. The molecule has 1 aromatic carbocycles. The molecule has 0 bridgehead atoms. The normalized spacial score (nSPS) is 9.94. The van der Waals surface area contributed by atoms with Crippen LogP contribution in [0.15, 0.2) is 18.2 Å². The molecule has 0 atom stereocenters. The molecule has 0 aromatic heterocycles. The Kier molecular flexibility index (Phi) is 5.91. The van der Waals surface area contributed by atoms with Crippen molar-refractivity contribution in [2.75, 3.05) is 25.6 Å². The minimum absolute atomic E-state index is 0.198. The molecule has 0 heterocycles. The van der Waals surface area contributed by atoms with Crippen LogP contribution in [0.5, 0.6) is 0 Å². The van der Waals surface area contributed by atoms with Crippen molar-refractivity contribution in [3.8, 4) is 0 Å². The van der Waals surface area contributed by atoms with Crippen molar-refractivity contribution in [3.05, 3.63) is 28.2 Å². The summed E-state index contributed by atoms with van der Waals surface area (Å²) in [5, 5.41) is 3.29. The smallest absolute Gasteiger partial charge is 0.332 e. The summed E-state index contributed by atoms with van der Waals surface area (Å²) in [6.45, 7) is -0.595. The molecule has 0 spiro atoms. The summed E-state index contributed by atoms with van der Waals surface area (Å²) in [4.78, 5) is 22.4. The van der Waals surface area contributed by atoms with Gasteiger partial charge in [0.15, 0.2) is 6.61 Å². The van der Waals surface area contributed by atoms with Gasteiger partial charge in [0.2, 0.25) is 0 Å². The van der Waals surface area contributed by atoms with Crippen LogP contribution in [-0.4, -0.2) is 32.2 Å². The SMILES string of the molecule is COCC(=O)OCC(=O)Nc1cc(Cl)cc(Cl)c1. The number of halogens is 2. The van der Waals surface area contributed by atoms with Crippen LogP contribution in [0.3, 0.4) is 0 Å². The van der Waals surface area contributed by atoms with E-state index in [4.69, 9.17) is 23.2 Å². The van der Waals surface area contributed by atoms with Gasteiger partial charge in [-0.15, -0.1) is 0 Å². The fraction of sp³-hybridized carbons (Fsp3) is 0.273. The Morgan fingerprint density at radius 1 is 1.17 bits per heavy atom. The number of rotatable bonds is 5. The van der Waals surface area contributed by atoms with Gasteiger partial charge in [-0.1, -0.05) is 23.2 Å². The predicted molar refractivity (Wildman–Crippen MR) is 67.9 cm³/mol. The highest BCUT2D eigenvalue weighted by Gasteiger charge is 2.08. The van der Waals surface area contributed by atoms with Gasteiger partial charge >= 0.3 is 5.97 Å². The van der Waals surface area contributed by atoms with E-state index in [1.54, 1.807) is 0 Å². The molecule has 0 saturated carbocycles. The molecule has 5 nitrogen and oxygen atoms in total. The zero-order valence-electron chi connectivity index (χ0n) is 9.54. The van der Waals surface area contributed by atoms with Crippen molar-refractivity contribution in [3.63, 3.8) is 0 Å². The Bertz CT molecular complexity index is 430. The van der Waals surface area contributed by atoms with Gasteiger partial charge < -0.3 is 14.8 Å². The second-order valence-electron chi connectivity index (χ2n) is 3.30. The van der Waals surface area contributed by atoms with Gasteiger partial charge in [0, 0.05) is 22.8 Å². The molecule has 0 unspecified atom stereocenters. The van der Waals surface area contributed by atoms with E-state index in [0.29, 0.717) is 15.7 Å². The van der Waals surface area contributed by atoms with E-state index in [0.717, 1.165) is 0 Å². The lowest BCUT2D eigenvalue weighted by Crippen LogP contribution is -2.22. The Morgan fingerprint density at radius 2 is 1.78 bits per heavy atom. The molecule has 1 rings (SSSR count). The highest BCUT2D eigenvalue weighted by molar-refractivity contribution is 6.35. The molecule has 7 heteroatoms. The van der Waals surface area contributed by atoms with E-state index >= 15 is 0 Å². The van der Waals surface area contributed by atoms with Gasteiger partial charge in [0.05, 0.1) is 0 Å². The molecule has 0 fully saturated rings. The Hall–Kier alpha value is -1.30. The van der Waals surface area contributed by atoms with Gasteiger partial charge in [-0.2, -0.15) is 0 Å². The highest BCUT2D eigenvalue weighted by Crippen LogP contribution is 2.22. The lowest BCUT2D eigenvalue weighted by atomic mass is 10.3. The topological polar surface area (TPSA) is 64.6 Å². The summed E-state index contributed by atoms with van der Waals surface area (Å²) in [6.07, 6.45) is 0. The van der Waals surface area contributed by atoms with Crippen LogP contribution in [0.25, 0.3) is 0 Å².